The Hall–Kier alpha value is -4.05. The average Bonchev–Trinajstić information content (AvgIpc) is 3.11. The summed E-state index contributed by atoms with van der Waals surface area (Å²) >= 11 is 0.746. The number of methoxy groups -OCH3 is 2. The lowest BCUT2D eigenvalue weighted by Gasteiger charge is -2.15. The van der Waals surface area contributed by atoms with Gasteiger partial charge in [0.2, 0.25) is 5.91 Å². The zero-order valence-corrected chi connectivity index (χ0v) is 21.0. The molecule has 188 valence electrons. The van der Waals surface area contributed by atoms with Crippen molar-refractivity contribution in [2.24, 2.45) is 0 Å². The van der Waals surface area contributed by atoms with Gasteiger partial charge >= 0.3 is 5.97 Å². The second-order valence-electron chi connectivity index (χ2n) is 7.75. The molecule has 0 aliphatic carbocycles. The minimum absolute atomic E-state index is 0.165. The number of carbonyl (C=O) groups is 4. The molecule has 10 heteroatoms. The van der Waals surface area contributed by atoms with Crippen LogP contribution in [0.5, 0.6) is 11.5 Å². The molecular weight excluding hydrogens is 484 g/mol. The molecule has 1 fully saturated rings. The third kappa shape index (κ3) is 6.54. The average molecular weight is 511 g/mol. The van der Waals surface area contributed by atoms with E-state index in [-0.39, 0.29) is 11.5 Å². The molecule has 0 radical (unpaired) electrons. The van der Waals surface area contributed by atoms with Crippen molar-refractivity contribution in [2.75, 3.05) is 32.7 Å². The predicted molar refractivity (Wildman–Crippen MR) is 137 cm³/mol. The Kier molecular flexibility index (Phi) is 8.91. The molecule has 36 heavy (non-hydrogen) atoms. The van der Waals surface area contributed by atoms with Gasteiger partial charge in [-0.3, -0.25) is 19.3 Å². The second kappa shape index (κ2) is 12.1. The summed E-state index contributed by atoms with van der Waals surface area (Å²) in [6, 6.07) is 10.5. The summed E-state index contributed by atoms with van der Waals surface area (Å²) < 4.78 is 15.6. The van der Waals surface area contributed by atoms with Gasteiger partial charge in [0.05, 0.1) is 19.1 Å². The summed E-state index contributed by atoms with van der Waals surface area (Å²) in [6.45, 7) is 4.96. The lowest BCUT2D eigenvalue weighted by Crippen LogP contribution is -2.36. The van der Waals surface area contributed by atoms with Crippen LogP contribution in [0, 0.1) is 6.92 Å². The summed E-state index contributed by atoms with van der Waals surface area (Å²) in [5.74, 6) is -0.920. The van der Waals surface area contributed by atoms with Crippen LogP contribution in [0.4, 0.5) is 10.5 Å². The van der Waals surface area contributed by atoms with Gasteiger partial charge in [0.15, 0.2) is 18.1 Å². The molecule has 1 heterocycles. The van der Waals surface area contributed by atoms with Crippen LogP contribution >= 0.6 is 11.8 Å². The molecule has 0 spiro atoms. The summed E-state index contributed by atoms with van der Waals surface area (Å²) in [6.07, 6.45) is 3.60. The van der Waals surface area contributed by atoms with Crippen LogP contribution in [0.2, 0.25) is 0 Å². The topological polar surface area (TPSA) is 111 Å². The maximum absolute atomic E-state index is 12.9. The van der Waals surface area contributed by atoms with Crippen LogP contribution in [0.3, 0.4) is 0 Å². The van der Waals surface area contributed by atoms with Gasteiger partial charge in [-0.1, -0.05) is 23.8 Å². The Balaban J connectivity index is 1.80. The van der Waals surface area contributed by atoms with Gasteiger partial charge in [0.25, 0.3) is 11.1 Å². The maximum Gasteiger partial charge on any atom is 0.343 e. The number of benzene rings is 2. The van der Waals surface area contributed by atoms with Crippen molar-refractivity contribution in [3.8, 4) is 11.5 Å². The van der Waals surface area contributed by atoms with E-state index in [0.717, 1.165) is 22.2 Å². The Morgan fingerprint density at radius 1 is 1.14 bits per heavy atom. The Morgan fingerprint density at radius 2 is 1.86 bits per heavy atom. The van der Waals surface area contributed by atoms with Crippen LogP contribution in [-0.4, -0.2) is 55.3 Å². The molecule has 0 atom stereocenters. The fraction of sp³-hybridized carbons (Fsp3) is 0.231. The van der Waals surface area contributed by atoms with E-state index in [2.05, 4.69) is 16.6 Å². The number of allylic oxidation sites excluding steroid dienone is 1. The van der Waals surface area contributed by atoms with E-state index in [1.165, 1.54) is 14.2 Å². The monoisotopic (exact) mass is 510 g/mol. The zero-order chi connectivity index (χ0) is 26.2. The molecule has 0 saturated carbocycles. The van der Waals surface area contributed by atoms with Gasteiger partial charge in [-0.2, -0.15) is 0 Å². The number of hydrogen-bond donors (Lipinski definition) is 1. The van der Waals surface area contributed by atoms with Crippen LogP contribution in [0.1, 0.15) is 16.7 Å². The zero-order valence-electron chi connectivity index (χ0n) is 20.2. The number of imide groups is 1. The number of hydrogen-bond acceptors (Lipinski definition) is 8. The first kappa shape index (κ1) is 26.6. The molecule has 0 aromatic heterocycles. The van der Waals surface area contributed by atoms with E-state index in [1.807, 2.05) is 19.1 Å². The standard InChI is InChI=1S/C26H26N2O7S/c1-5-6-18-11-17(12-20(33-3)24(18)35-15-23(30)34-4)13-21-25(31)28(26(32)36-21)14-22(29)27-19-9-7-16(2)8-10-19/h5,7-13H,1,6,14-15H2,2-4H3,(H,27,29)/b21-13-. The molecule has 1 aliphatic rings. The van der Waals surface area contributed by atoms with E-state index in [4.69, 9.17) is 9.47 Å². The normalized spacial score (nSPS) is 14.1. The minimum Gasteiger partial charge on any atom is -0.493 e. The third-order valence-corrected chi connectivity index (χ3v) is 6.02. The largest absolute Gasteiger partial charge is 0.493 e. The lowest BCUT2D eigenvalue weighted by molar-refractivity contribution is -0.143. The van der Waals surface area contributed by atoms with E-state index < -0.39 is 29.6 Å². The number of carbonyl (C=O) groups excluding carboxylic acids is 4. The van der Waals surface area contributed by atoms with Gasteiger partial charge in [-0.15, -0.1) is 6.58 Å². The molecule has 2 aromatic carbocycles. The Labute approximate surface area is 213 Å². The van der Waals surface area contributed by atoms with Gasteiger partial charge in [-0.05, 0) is 61.0 Å². The number of thioether (sulfide) groups is 1. The van der Waals surface area contributed by atoms with E-state index in [9.17, 15) is 19.2 Å². The highest BCUT2D eigenvalue weighted by Gasteiger charge is 2.36. The van der Waals surface area contributed by atoms with Crippen molar-refractivity contribution in [3.05, 3.63) is 70.6 Å². The minimum atomic E-state index is -0.570. The molecular formula is C26H26N2O7S. The van der Waals surface area contributed by atoms with Crippen molar-refractivity contribution in [3.63, 3.8) is 0 Å². The summed E-state index contributed by atoms with van der Waals surface area (Å²) in [4.78, 5) is 50.4. The van der Waals surface area contributed by atoms with Crippen molar-refractivity contribution < 1.29 is 33.4 Å². The summed E-state index contributed by atoms with van der Waals surface area (Å²) in [5.41, 5.74) is 2.85. The van der Waals surface area contributed by atoms with Crippen LogP contribution in [-0.2, 0) is 25.5 Å². The number of aryl methyl sites for hydroxylation is 1. The van der Waals surface area contributed by atoms with Gasteiger partial charge in [-0.25, -0.2) is 4.79 Å². The Bertz CT molecular complexity index is 1220. The van der Waals surface area contributed by atoms with Gasteiger partial charge in [0, 0.05) is 11.3 Å². The molecule has 3 amide bonds. The molecule has 2 aromatic rings. The fourth-order valence-corrected chi connectivity index (χ4v) is 4.19. The number of amides is 3. The SMILES string of the molecule is C=CCc1cc(/C=C2\SC(=O)N(CC(=O)Nc3ccc(C)cc3)C2=O)cc(OC)c1OCC(=O)OC. The maximum atomic E-state index is 12.9. The van der Waals surface area contributed by atoms with Crippen molar-refractivity contribution in [2.45, 2.75) is 13.3 Å². The van der Waals surface area contributed by atoms with Crippen molar-refractivity contribution in [1.29, 1.82) is 0 Å². The highest BCUT2D eigenvalue weighted by Crippen LogP contribution is 2.37. The van der Waals surface area contributed by atoms with Crippen LogP contribution in [0.15, 0.2) is 54.0 Å². The first-order chi connectivity index (χ1) is 17.2. The van der Waals surface area contributed by atoms with Crippen molar-refractivity contribution >= 4 is 46.5 Å². The molecule has 1 N–H and O–H groups in total. The number of rotatable bonds is 10. The Morgan fingerprint density at radius 3 is 2.50 bits per heavy atom. The van der Waals surface area contributed by atoms with E-state index in [0.29, 0.717) is 34.7 Å². The fourth-order valence-electron chi connectivity index (χ4n) is 3.35. The summed E-state index contributed by atoms with van der Waals surface area (Å²) in [5, 5.41) is 2.14. The predicted octanol–water partition coefficient (Wildman–Crippen LogP) is 3.96. The molecule has 0 unspecified atom stereocenters. The van der Waals surface area contributed by atoms with E-state index in [1.54, 1.807) is 36.4 Å². The molecule has 3 rings (SSSR count). The first-order valence-electron chi connectivity index (χ1n) is 10.9. The quantitative estimate of drug-likeness (QED) is 0.291. The van der Waals surface area contributed by atoms with Gasteiger partial charge < -0.3 is 19.5 Å². The summed E-state index contributed by atoms with van der Waals surface area (Å²) in [7, 11) is 2.71. The molecule has 1 aliphatic heterocycles. The molecule has 9 nitrogen and oxygen atoms in total. The number of anilines is 1. The highest BCUT2D eigenvalue weighted by atomic mass is 32.2. The van der Waals surface area contributed by atoms with Crippen molar-refractivity contribution in [1.82, 2.24) is 4.90 Å². The number of nitrogens with one attached hydrogen (secondary N) is 1. The number of nitrogens with zero attached hydrogens (tertiary/aromatic N) is 1. The first-order valence-corrected chi connectivity index (χ1v) is 11.7. The molecule has 1 saturated heterocycles. The number of esters is 1. The lowest BCUT2D eigenvalue weighted by atomic mass is 10.0. The smallest absolute Gasteiger partial charge is 0.343 e. The second-order valence-corrected chi connectivity index (χ2v) is 8.74. The van der Waals surface area contributed by atoms with Crippen LogP contribution in [0.25, 0.3) is 6.08 Å². The van der Waals surface area contributed by atoms with Crippen LogP contribution < -0.4 is 14.8 Å². The highest BCUT2D eigenvalue weighted by molar-refractivity contribution is 8.18. The number of ether oxygens (including phenoxy) is 3. The third-order valence-electron chi connectivity index (χ3n) is 5.11. The molecule has 0 bridgehead atoms. The van der Waals surface area contributed by atoms with E-state index >= 15 is 0 Å². The van der Waals surface area contributed by atoms with Gasteiger partial charge in [0.1, 0.15) is 6.54 Å².